The number of benzene rings is 2. The highest BCUT2D eigenvalue weighted by Crippen LogP contribution is 2.24. The second kappa shape index (κ2) is 15.0. The minimum atomic E-state index is -4.08. The van der Waals surface area contributed by atoms with E-state index in [0.29, 0.717) is 16.9 Å². The van der Waals surface area contributed by atoms with Crippen molar-refractivity contribution in [1.82, 2.24) is 4.90 Å². The van der Waals surface area contributed by atoms with Gasteiger partial charge in [-0.3, -0.25) is 34.4 Å². The van der Waals surface area contributed by atoms with Crippen LogP contribution in [0.4, 0.5) is 11.4 Å². The summed E-state index contributed by atoms with van der Waals surface area (Å²) in [5.41, 5.74) is 1.41. The molecule has 216 valence electrons. The monoisotopic (exact) mass is 597 g/mol. The van der Waals surface area contributed by atoms with E-state index in [9.17, 15) is 38.2 Å². The molecule has 0 aromatic heterocycles. The third-order valence-corrected chi connectivity index (χ3v) is 7.46. The first-order chi connectivity index (χ1) is 17.9. The number of non-ortho nitro benzene ring substituents is 2. The number of nitro groups is 2. The van der Waals surface area contributed by atoms with E-state index in [1.54, 1.807) is 12.2 Å². The number of thioether (sulfide) groups is 1. The van der Waals surface area contributed by atoms with Crippen LogP contribution in [0.1, 0.15) is 17.5 Å². The number of hydrogen-bond acceptors (Lipinski definition) is 9. The average Bonchev–Trinajstić information content (AvgIpc) is 2.86. The Kier molecular flexibility index (Phi) is 12.8. The zero-order valence-electron chi connectivity index (χ0n) is 20.9. The van der Waals surface area contributed by atoms with Crippen molar-refractivity contribution in [3.8, 4) is 0 Å². The van der Waals surface area contributed by atoms with Crippen LogP contribution in [-0.4, -0.2) is 80.7 Å². The molecular formula is C24H27N3O11S2. The summed E-state index contributed by atoms with van der Waals surface area (Å²) < 4.78 is 30.5. The van der Waals surface area contributed by atoms with Gasteiger partial charge in [0.1, 0.15) is 0 Å². The number of nitro benzene ring substituents is 2. The molecule has 1 heterocycles. The quantitative estimate of drug-likeness (QED) is 0.137. The third kappa shape index (κ3) is 9.97. The first-order valence-electron chi connectivity index (χ1n) is 11.2. The van der Waals surface area contributed by atoms with Gasteiger partial charge in [-0.25, -0.2) is 0 Å². The molecule has 5 N–H and O–H groups in total. The predicted molar refractivity (Wildman–Crippen MR) is 149 cm³/mol. The van der Waals surface area contributed by atoms with Gasteiger partial charge in [0, 0.05) is 66.4 Å². The van der Waals surface area contributed by atoms with Gasteiger partial charge in [0.2, 0.25) is 5.91 Å². The summed E-state index contributed by atoms with van der Waals surface area (Å²) in [5.74, 6) is -0.591. The summed E-state index contributed by atoms with van der Waals surface area (Å²) in [7, 11) is -4.08. The van der Waals surface area contributed by atoms with Crippen molar-refractivity contribution in [3.63, 3.8) is 0 Å². The van der Waals surface area contributed by atoms with Crippen LogP contribution in [-0.2, 0) is 19.7 Å². The van der Waals surface area contributed by atoms with Crippen LogP contribution in [0.15, 0.2) is 59.7 Å². The van der Waals surface area contributed by atoms with E-state index in [1.807, 2.05) is 0 Å². The minimum absolute atomic E-state index is 0. The molecule has 1 aliphatic rings. The van der Waals surface area contributed by atoms with Gasteiger partial charge in [-0.1, -0.05) is 0 Å². The fourth-order valence-corrected chi connectivity index (χ4v) is 5.42. The van der Waals surface area contributed by atoms with E-state index in [-0.39, 0.29) is 70.4 Å². The van der Waals surface area contributed by atoms with Gasteiger partial charge in [-0.15, -0.1) is 0 Å². The number of Topliss-reactive ketones (excluding diaryl/α,β-unsaturated/α-hetero) is 1. The molecule has 2 aromatic carbocycles. The summed E-state index contributed by atoms with van der Waals surface area (Å²) >= 11 is 1.19. The van der Waals surface area contributed by atoms with Crippen molar-refractivity contribution in [3.05, 3.63) is 91.0 Å². The number of rotatable bonds is 10. The van der Waals surface area contributed by atoms with Gasteiger partial charge >= 0.3 is 0 Å². The van der Waals surface area contributed by atoms with Crippen molar-refractivity contribution >= 4 is 57.1 Å². The van der Waals surface area contributed by atoms with Gasteiger partial charge in [-0.2, -0.15) is 20.2 Å². The summed E-state index contributed by atoms with van der Waals surface area (Å²) in [6.45, 7) is 0.00385. The molecule has 1 fully saturated rings. The number of nitrogens with zero attached hydrogens (tertiary/aromatic N) is 3. The maximum absolute atomic E-state index is 13.3. The Balaban J connectivity index is 0.00000400. The Hall–Kier alpha value is -3.96. The third-order valence-electron chi connectivity index (χ3n) is 5.49. The lowest BCUT2D eigenvalue weighted by atomic mass is 9.94. The maximum atomic E-state index is 13.3. The zero-order valence-corrected chi connectivity index (χ0v) is 22.5. The highest BCUT2D eigenvalue weighted by atomic mass is 32.2. The molecule has 14 nitrogen and oxygen atoms in total. The molecule has 0 spiro atoms. The Morgan fingerprint density at radius 1 is 0.875 bits per heavy atom. The highest BCUT2D eigenvalue weighted by molar-refractivity contribution is 8.00. The zero-order chi connectivity index (χ0) is 27.9. The molecule has 0 saturated carbocycles. The minimum Gasteiger partial charge on any atom is -0.412 e. The largest absolute Gasteiger partial charge is 0.412 e. The van der Waals surface area contributed by atoms with Crippen LogP contribution in [0.2, 0.25) is 0 Å². The lowest BCUT2D eigenvalue weighted by Crippen LogP contribution is -2.41. The first kappa shape index (κ1) is 34.1. The molecule has 16 heteroatoms. The van der Waals surface area contributed by atoms with Crippen LogP contribution in [0.25, 0.3) is 12.2 Å². The molecule has 1 amide bonds. The van der Waals surface area contributed by atoms with E-state index in [0.717, 1.165) is 0 Å². The lowest BCUT2D eigenvalue weighted by molar-refractivity contribution is -0.385. The normalized spacial score (nSPS) is 15.3. The van der Waals surface area contributed by atoms with Gasteiger partial charge in [0.25, 0.3) is 21.5 Å². The van der Waals surface area contributed by atoms with Crippen LogP contribution >= 0.6 is 11.8 Å². The lowest BCUT2D eigenvalue weighted by Gasteiger charge is -2.30. The SMILES string of the molecule is O.O.O=C1/C(=C/c2ccc([N+](=O)[O-])cc2)CN(C(=O)CCSCCS(=O)(=O)O)C/C1=C\c1ccc([N+](=O)[O-])cc1. The number of hydrogen-bond donors (Lipinski definition) is 1. The fourth-order valence-electron chi connectivity index (χ4n) is 3.59. The van der Waals surface area contributed by atoms with E-state index in [4.69, 9.17) is 4.55 Å². The van der Waals surface area contributed by atoms with E-state index >= 15 is 0 Å². The topological polar surface area (TPSA) is 241 Å². The number of ketones is 1. The Morgan fingerprint density at radius 3 is 1.68 bits per heavy atom. The van der Waals surface area contributed by atoms with Crippen molar-refractivity contribution in [1.29, 1.82) is 0 Å². The smallest absolute Gasteiger partial charge is 0.269 e. The van der Waals surface area contributed by atoms with Crippen molar-refractivity contribution in [2.75, 3.05) is 30.3 Å². The maximum Gasteiger partial charge on any atom is 0.269 e. The molecule has 3 rings (SSSR count). The number of carbonyl (C=O) groups excluding carboxylic acids is 2. The number of carbonyl (C=O) groups is 2. The molecule has 0 aliphatic carbocycles. The molecule has 1 saturated heterocycles. The van der Waals surface area contributed by atoms with Gasteiger partial charge < -0.3 is 15.9 Å². The predicted octanol–water partition coefficient (Wildman–Crippen LogP) is 1.74. The molecule has 2 aromatic rings. The molecule has 0 bridgehead atoms. The second-order valence-corrected chi connectivity index (χ2v) is 11.1. The van der Waals surface area contributed by atoms with Crippen molar-refractivity contribution in [2.24, 2.45) is 0 Å². The van der Waals surface area contributed by atoms with Gasteiger partial charge in [-0.05, 0) is 47.5 Å². The molecule has 0 radical (unpaired) electrons. The van der Waals surface area contributed by atoms with Crippen molar-refractivity contribution < 1.29 is 43.4 Å². The van der Waals surface area contributed by atoms with E-state index < -0.39 is 25.7 Å². The number of likely N-dealkylation sites (tertiary alicyclic amines) is 1. The summed E-state index contributed by atoms with van der Waals surface area (Å²) in [6, 6.07) is 11.2. The molecule has 40 heavy (non-hydrogen) atoms. The summed E-state index contributed by atoms with van der Waals surface area (Å²) in [6.07, 6.45) is 3.17. The summed E-state index contributed by atoms with van der Waals surface area (Å²) in [5, 5.41) is 21.9. The molecular weight excluding hydrogens is 570 g/mol. The highest BCUT2D eigenvalue weighted by Gasteiger charge is 2.29. The van der Waals surface area contributed by atoms with Crippen LogP contribution in [0, 0.1) is 20.2 Å². The molecule has 0 atom stereocenters. The Bertz CT molecular complexity index is 1330. The van der Waals surface area contributed by atoms with Crippen LogP contribution in [0.3, 0.4) is 0 Å². The Labute approximate surface area is 233 Å². The van der Waals surface area contributed by atoms with Crippen molar-refractivity contribution in [2.45, 2.75) is 6.42 Å². The number of amides is 1. The van der Waals surface area contributed by atoms with E-state index in [2.05, 4.69) is 0 Å². The van der Waals surface area contributed by atoms with Gasteiger partial charge in [0.15, 0.2) is 5.78 Å². The van der Waals surface area contributed by atoms with E-state index in [1.165, 1.54) is 65.2 Å². The molecule has 1 aliphatic heterocycles. The Morgan fingerprint density at radius 2 is 1.30 bits per heavy atom. The summed E-state index contributed by atoms with van der Waals surface area (Å²) in [4.78, 5) is 48.4. The standard InChI is InChI=1S/C24H23N3O9S2.2H2O/c28-23(9-10-37-11-12-38(34,35)36)25-15-19(13-17-1-5-21(6-2-17)26(30)31)24(29)20(16-25)14-18-3-7-22(8-4-18)27(32)33;;/h1-8,13-14H,9-12,15-16H2,(H,34,35,36);2*1H2/b19-13+,20-14+;;. The second-order valence-electron chi connectivity index (χ2n) is 8.26. The average molecular weight is 598 g/mol. The van der Waals surface area contributed by atoms with Crippen LogP contribution < -0.4 is 0 Å². The number of piperidine rings is 1. The molecule has 0 unspecified atom stereocenters. The fraction of sp³-hybridized carbons (Fsp3) is 0.250. The van der Waals surface area contributed by atoms with Crippen LogP contribution in [0.5, 0.6) is 0 Å². The first-order valence-corrected chi connectivity index (χ1v) is 13.9. The van der Waals surface area contributed by atoms with Gasteiger partial charge in [0.05, 0.1) is 15.6 Å².